The largest absolute Gasteiger partial charge is 0.356 e. The molecule has 0 bridgehead atoms. The van der Waals surface area contributed by atoms with E-state index in [1.54, 1.807) is 18.4 Å². The average Bonchev–Trinajstić information content (AvgIpc) is 2.75. The average molecular weight is 253 g/mol. The minimum atomic E-state index is 0.0357. The lowest BCUT2D eigenvalue weighted by Crippen LogP contribution is -2.48. The number of rotatable bonds is 3. The molecule has 2 N–H and O–H groups in total. The molecule has 0 aliphatic carbocycles. The van der Waals surface area contributed by atoms with E-state index in [1.807, 2.05) is 0 Å². The van der Waals surface area contributed by atoms with Crippen LogP contribution >= 0.6 is 11.3 Å². The first-order chi connectivity index (χ1) is 7.92. The maximum absolute atomic E-state index is 4.22. The van der Waals surface area contributed by atoms with Gasteiger partial charge in [-0.3, -0.25) is 4.99 Å². The fourth-order valence-corrected chi connectivity index (χ4v) is 2.24. The molecule has 0 amide bonds. The smallest absolute Gasteiger partial charge is 0.191 e. The molecule has 0 saturated heterocycles. The standard InChI is InChI=1S/C13H23N3S/c1-10(11-7-6-8-17-11)9-15-12(14-5)16-13(2,3)4/h6-8,10H,9H2,1-5H3,(H2,14,15,16). The van der Waals surface area contributed by atoms with Gasteiger partial charge in [0.25, 0.3) is 0 Å². The monoisotopic (exact) mass is 253 g/mol. The van der Waals surface area contributed by atoms with Crippen molar-refractivity contribution in [3.8, 4) is 0 Å². The number of nitrogens with zero attached hydrogens (tertiary/aromatic N) is 1. The van der Waals surface area contributed by atoms with Crippen LogP contribution in [0.2, 0.25) is 0 Å². The summed E-state index contributed by atoms with van der Waals surface area (Å²) in [4.78, 5) is 5.63. The molecule has 17 heavy (non-hydrogen) atoms. The predicted molar refractivity (Wildman–Crippen MR) is 77.0 cm³/mol. The van der Waals surface area contributed by atoms with Gasteiger partial charge in [0, 0.05) is 29.9 Å². The molecule has 0 aromatic carbocycles. The van der Waals surface area contributed by atoms with Gasteiger partial charge in [0.05, 0.1) is 0 Å². The number of guanidine groups is 1. The number of hydrogen-bond donors (Lipinski definition) is 2. The van der Waals surface area contributed by atoms with Crippen LogP contribution in [0.4, 0.5) is 0 Å². The molecule has 1 rings (SSSR count). The summed E-state index contributed by atoms with van der Waals surface area (Å²) in [7, 11) is 1.80. The molecule has 1 heterocycles. The Labute approximate surface area is 108 Å². The van der Waals surface area contributed by atoms with Crippen molar-refractivity contribution in [2.45, 2.75) is 39.2 Å². The second-order valence-electron chi connectivity index (χ2n) is 5.24. The first kappa shape index (κ1) is 14.0. The molecule has 1 aromatic heterocycles. The van der Waals surface area contributed by atoms with Gasteiger partial charge in [-0.25, -0.2) is 0 Å². The van der Waals surface area contributed by atoms with E-state index in [9.17, 15) is 0 Å². The van der Waals surface area contributed by atoms with Gasteiger partial charge >= 0.3 is 0 Å². The molecule has 1 atom stereocenters. The van der Waals surface area contributed by atoms with Crippen molar-refractivity contribution in [3.05, 3.63) is 22.4 Å². The lowest BCUT2D eigenvalue weighted by Gasteiger charge is -2.24. The molecule has 0 aliphatic rings. The van der Waals surface area contributed by atoms with Crippen LogP contribution in [0.5, 0.6) is 0 Å². The van der Waals surface area contributed by atoms with Crippen molar-refractivity contribution in [1.82, 2.24) is 10.6 Å². The van der Waals surface area contributed by atoms with Gasteiger partial charge in [-0.2, -0.15) is 0 Å². The zero-order valence-electron chi connectivity index (χ0n) is 11.4. The summed E-state index contributed by atoms with van der Waals surface area (Å²) in [5.41, 5.74) is 0.0357. The Balaban J connectivity index is 2.44. The summed E-state index contributed by atoms with van der Waals surface area (Å²) in [6.07, 6.45) is 0. The SMILES string of the molecule is CN=C(NCC(C)c1cccs1)NC(C)(C)C. The fourth-order valence-electron chi connectivity index (χ4n) is 1.46. The lowest BCUT2D eigenvalue weighted by molar-refractivity contribution is 0.500. The Morgan fingerprint density at radius 2 is 2.18 bits per heavy atom. The van der Waals surface area contributed by atoms with E-state index in [-0.39, 0.29) is 5.54 Å². The van der Waals surface area contributed by atoms with Crippen molar-refractivity contribution in [1.29, 1.82) is 0 Å². The molecule has 3 nitrogen and oxygen atoms in total. The van der Waals surface area contributed by atoms with Gasteiger partial charge in [-0.1, -0.05) is 13.0 Å². The summed E-state index contributed by atoms with van der Waals surface area (Å²) >= 11 is 1.80. The summed E-state index contributed by atoms with van der Waals surface area (Å²) in [5, 5.41) is 8.83. The Hall–Kier alpha value is -1.03. The molecule has 0 saturated carbocycles. The highest BCUT2D eigenvalue weighted by Crippen LogP contribution is 2.19. The van der Waals surface area contributed by atoms with Gasteiger partial charge in [0.1, 0.15) is 0 Å². The lowest BCUT2D eigenvalue weighted by atomic mass is 10.1. The maximum atomic E-state index is 4.22. The van der Waals surface area contributed by atoms with Crippen LogP contribution in [0.15, 0.2) is 22.5 Å². The van der Waals surface area contributed by atoms with E-state index < -0.39 is 0 Å². The van der Waals surface area contributed by atoms with E-state index in [0.29, 0.717) is 5.92 Å². The minimum Gasteiger partial charge on any atom is -0.356 e. The first-order valence-electron chi connectivity index (χ1n) is 5.94. The van der Waals surface area contributed by atoms with Gasteiger partial charge in [-0.05, 0) is 32.2 Å². The Morgan fingerprint density at radius 3 is 2.65 bits per heavy atom. The van der Waals surface area contributed by atoms with Crippen LogP contribution in [0, 0.1) is 0 Å². The molecule has 1 unspecified atom stereocenters. The third kappa shape index (κ3) is 5.22. The highest BCUT2D eigenvalue weighted by molar-refractivity contribution is 7.10. The maximum Gasteiger partial charge on any atom is 0.191 e. The number of nitrogens with one attached hydrogen (secondary N) is 2. The van der Waals surface area contributed by atoms with Crippen molar-refractivity contribution >= 4 is 17.3 Å². The third-order valence-corrected chi connectivity index (χ3v) is 3.43. The molecule has 96 valence electrons. The van der Waals surface area contributed by atoms with Crippen molar-refractivity contribution in [2.75, 3.05) is 13.6 Å². The third-order valence-electron chi connectivity index (χ3n) is 2.32. The Morgan fingerprint density at radius 1 is 1.47 bits per heavy atom. The number of aliphatic imine (C=N–C) groups is 1. The molecule has 0 radical (unpaired) electrons. The van der Waals surface area contributed by atoms with Gasteiger partial charge in [-0.15, -0.1) is 11.3 Å². The minimum absolute atomic E-state index is 0.0357. The van der Waals surface area contributed by atoms with Crippen LogP contribution in [0.25, 0.3) is 0 Å². The number of thiophene rings is 1. The molecule has 0 fully saturated rings. The molecule has 1 aromatic rings. The molecule has 0 aliphatic heterocycles. The number of hydrogen-bond acceptors (Lipinski definition) is 2. The van der Waals surface area contributed by atoms with Crippen molar-refractivity contribution in [3.63, 3.8) is 0 Å². The van der Waals surface area contributed by atoms with Gasteiger partial charge in [0.15, 0.2) is 5.96 Å². The second kappa shape index (κ2) is 6.05. The molecule has 0 spiro atoms. The quantitative estimate of drug-likeness (QED) is 0.642. The normalized spacial score (nSPS) is 14.5. The van der Waals surface area contributed by atoms with E-state index >= 15 is 0 Å². The van der Waals surface area contributed by atoms with E-state index in [0.717, 1.165) is 12.5 Å². The summed E-state index contributed by atoms with van der Waals surface area (Å²) < 4.78 is 0. The molecule has 4 heteroatoms. The van der Waals surface area contributed by atoms with Crippen LogP contribution in [0.3, 0.4) is 0 Å². The van der Waals surface area contributed by atoms with E-state index in [4.69, 9.17) is 0 Å². The zero-order valence-corrected chi connectivity index (χ0v) is 12.2. The fraction of sp³-hybridized carbons (Fsp3) is 0.615. The van der Waals surface area contributed by atoms with Gasteiger partial charge < -0.3 is 10.6 Å². The second-order valence-corrected chi connectivity index (χ2v) is 6.22. The van der Waals surface area contributed by atoms with Crippen LogP contribution in [-0.2, 0) is 0 Å². The first-order valence-corrected chi connectivity index (χ1v) is 6.82. The van der Waals surface area contributed by atoms with E-state index in [2.05, 4.69) is 60.8 Å². The zero-order chi connectivity index (χ0) is 12.9. The highest BCUT2D eigenvalue weighted by Gasteiger charge is 2.13. The van der Waals surface area contributed by atoms with Crippen LogP contribution < -0.4 is 10.6 Å². The van der Waals surface area contributed by atoms with Crippen molar-refractivity contribution in [2.24, 2.45) is 4.99 Å². The van der Waals surface area contributed by atoms with Gasteiger partial charge in [0.2, 0.25) is 0 Å². The Bertz CT molecular complexity index is 349. The summed E-state index contributed by atoms with van der Waals surface area (Å²) in [6.45, 7) is 9.51. The highest BCUT2D eigenvalue weighted by atomic mass is 32.1. The predicted octanol–water partition coefficient (Wildman–Crippen LogP) is 2.82. The summed E-state index contributed by atoms with van der Waals surface area (Å²) in [5.74, 6) is 1.37. The van der Waals surface area contributed by atoms with E-state index in [1.165, 1.54) is 4.88 Å². The molecular weight excluding hydrogens is 230 g/mol. The molecular formula is C13H23N3S. The van der Waals surface area contributed by atoms with Crippen LogP contribution in [0.1, 0.15) is 38.5 Å². The Kier molecular flexibility index (Phi) is 5.00. The topological polar surface area (TPSA) is 36.4 Å². The summed E-state index contributed by atoms with van der Waals surface area (Å²) in [6, 6.07) is 4.27. The van der Waals surface area contributed by atoms with Crippen LogP contribution in [-0.4, -0.2) is 25.1 Å². The van der Waals surface area contributed by atoms with Crippen molar-refractivity contribution < 1.29 is 0 Å².